The minimum absolute atomic E-state index is 0.0891. The lowest BCUT2D eigenvalue weighted by Gasteiger charge is -2.09. The summed E-state index contributed by atoms with van der Waals surface area (Å²) in [5.41, 5.74) is -0.313. The van der Waals surface area contributed by atoms with E-state index in [1.54, 1.807) is 6.07 Å². The van der Waals surface area contributed by atoms with Crippen molar-refractivity contribution in [3.63, 3.8) is 0 Å². The van der Waals surface area contributed by atoms with Crippen LogP contribution in [0.15, 0.2) is 18.2 Å². The van der Waals surface area contributed by atoms with E-state index in [0.29, 0.717) is 0 Å². The zero-order valence-electron chi connectivity index (χ0n) is 8.74. The number of esters is 1. The predicted octanol–water partition coefficient (Wildman–Crippen LogP) is 1.83. The summed E-state index contributed by atoms with van der Waals surface area (Å²) in [7, 11) is 0.998. The summed E-state index contributed by atoms with van der Waals surface area (Å²) in [4.78, 5) is 22.5. The number of hydrogen-bond donors (Lipinski definition) is 0. The Kier molecular flexibility index (Phi) is 4.18. The first-order chi connectivity index (χ1) is 8.02. The van der Waals surface area contributed by atoms with E-state index in [0.717, 1.165) is 13.2 Å². The van der Waals surface area contributed by atoms with Crippen LogP contribution in [0.5, 0.6) is 0 Å². The van der Waals surface area contributed by atoms with Crippen LogP contribution < -0.4 is 0 Å². The van der Waals surface area contributed by atoms with Crippen molar-refractivity contribution in [2.45, 2.75) is 5.92 Å². The number of rotatable bonds is 3. The van der Waals surface area contributed by atoms with Gasteiger partial charge in [0, 0.05) is 10.6 Å². The van der Waals surface area contributed by atoms with Gasteiger partial charge in [0.1, 0.15) is 11.7 Å². The molecule has 0 N–H and O–H groups in total. The van der Waals surface area contributed by atoms with Crippen LogP contribution in [0.1, 0.15) is 11.5 Å². The first-order valence-corrected chi connectivity index (χ1v) is 4.86. The third-order valence-electron chi connectivity index (χ3n) is 2.07. The van der Waals surface area contributed by atoms with Gasteiger partial charge in [0.15, 0.2) is 0 Å². The summed E-state index contributed by atoms with van der Waals surface area (Å²) in [6, 6.07) is 5.25. The van der Waals surface area contributed by atoms with Crippen LogP contribution in [0.4, 0.5) is 4.39 Å². The minimum atomic E-state index is -1.60. The van der Waals surface area contributed by atoms with Gasteiger partial charge in [-0.1, -0.05) is 17.7 Å². The van der Waals surface area contributed by atoms with Gasteiger partial charge in [-0.05, 0) is 12.1 Å². The third kappa shape index (κ3) is 2.60. The van der Waals surface area contributed by atoms with Gasteiger partial charge in [-0.15, -0.1) is 0 Å². The lowest BCUT2D eigenvalue weighted by molar-refractivity contribution is -0.151. The molecule has 17 heavy (non-hydrogen) atoms. The number of hydrogen-bond acceptors (Lipinski definition) is 4. The van der Waals surface area contributed by atoms with Gasteiger partial charge in [-0.25, -0.2) is 9.18 Å². The third-order valence-corrected chi connectivity index (χ3v) is 2.40. The van der Waals surface area contributed by atoms with E-state index in [2.05, 4.69) is 4.74 Å². The summed E-state index contributed by atoms with van der Waals surface area (Å²) in [5, 5.41) is 8.75. The van der Waals surface area contributed by atoms with Crippen LogP contribution in [-0.2, 0) is 14.3 Å². The number of halogens is 2. The van der Waals surface area contributed by atoms with Crippen LogP contribution in [0.25, 0.3) is 0 Å². The van der Waals surface area contributed by atoms with Crippen molar-refractivity contribution in [3.05, 3.63) is 34.6 Å². The van der Waals surface area contributed by atoms with Crippen molar-refractivity contribution < 1.29 is 18.7 Å². The van der Waals surface area contributed by atoms with Crippen molar-refractivity contribution in [2.75, 3.05) is 7.11 Å². The molecule has 1 rings (SSSR count). The highest BCUT2D eigenvalue weighted by Crippen LogP contribution is 2.27. The van der Waals surface area contributed by atoms with E-state index in [1.165, 1.54) is 12.1 Å². The largest absolute Gasteiger partial charge is 0.463 e. The fourth-order valence-corrected chi connectivity index (χ4v) is 1.53. The molecule has 0 aromatic heterocycles. The molecule has 0 aliphatic rings. The molecule has 0 fully saturated rings. The van der Waals surface area contributed by atoms with Crippen molar-refractivity contribution >= 4 is 23.4 Å². The summed E-state index contributed by atoms with van der Waals surface area (Å²) in [5.74, 6) is -4.78. The Morgan fingerprint density at radius 1 is 1.53 bits per heavy atom. The van der Waals surface area contributed by atoms with Crippen LogP contribution in [0, 0.1) is 17.1 Å². The molecule has 88 valence electrons. The molecule has 1 aromatic rings. The number of carbonyl (C=O) groups excluding carboxylic acids is 2. The molecular weight excluding hydrogens is 249 g/mol. The minimum Gasteiger partial charge on any atom is -0.463 e. The molecule has 0 aliphatic heterocycles. The Balaban J connectivity index is 3.25. The highest BCUT2D eigenvalue weighted by molar-refractivity contribution is 6.38. The molecule has 0 radical (unpaired) electrons. The maximum absolute atomic E-state index is 13.5. The van der Waals surface area contributed by atoms with Gasteiger partial charge in [0.25, 0.3) is 5.78 Å². The van der Waals surface area contributed by atoms with Gasteiger partial charge in [-0.2, -0.15) is 5.26 Å². The second-order valence-electron chi connectivity index (χ2n) is 3.05. The number of Topliss-reactive ketones (excluding diaryl/α,β-unsaturated/α-hetero) is 1. The first kappa shape index (κ1) is 13.1. The van der Waals surface area contributed by atoms with E-state index in [1.807, 2.05) is 0 Å². The highest BCUT2D eigenvalue weighted by Gasteiger charge is 2.31. The van der Waals surface area contributed by atoms with E-state index >= 15 is 0 Å². The molecule has 0 spiro atoms. The average Bonchev–Trinajstić information content (AvgIpc) is 2.32. The van der Waals surface area contributed by atoms with Crippen molar-refractivity contribution in [1.82, 2.24) is 0 Å². The van der Waals surface area contributed by atoms with Gasteiger partial charge in [0.2, 0.25) is 0 Å². The Morgan fingerprint density at radius 3 is 2.65 bits per heavy atom. The number of carbonyl (C=O) groups is 2. The molecule has 6 heteroatoms. The second kappa shape index (κ2) is 5.41. The zero-order chi connectivity index (χ0) is 13.0. The molecule has 4 nitrogen and oxygen atoms in total. The van der Waals surface area contributed by atoms with Crippen molar-refractivity contribution in [3.8, 4) is 6.07 Å². The van der Waals surface area contributed by atoms with E-state index < -0.39 is 23.5 Å². The lowest BCUT2D eigenvalue weighted by Crippen LogP contribution is -2.23. The zero-order valence-corrected chi connectivity index (χ0v) is 9.49. The number of ketones is 1. The highest BCUT2D eigenvalue weighted by atomic mass is 35.5. The molecule has 0 heterocycles. The molecule has 0 amide bonds. The van der Waals surface area contributed by atoms with Gasteiger partial charge in [0.05, 0.1) is 13.2 Å². The monoisotopic (exact) mass is 255 g/mol. The quantitative estimate of drug-likeness (QED) is 0.610. The van der Waals surface area contributed by atoms with Crippen molar-refractivity contribution in [1.29, 1.82) is 5.26 Å². The predicted molar refractivity (Wildman–Crippen MR) is 56.8 cm³/mol. The fourth-order valence-electron chi connectivity index (χ4n) is 1.26. The fraction of sp³-hybridized carbons (Fsp3) is 0.182. The molecule has 1 atom stereocenters. The first-order valence-electron chi connectivity index (χ1n) is 4.48. The Labute approximate surface area is 102 Å². The molecular formula is C11H7ClFNO3. The van der Waals surface area contributed by atoms with E-state index in [-0.39, 0.29) is 10.6 Å². The smallest absolute Gasteiger partial charge is 0.376 e. The summed E-state index contributed by atoms with van der Waals surface area (Å²) < 4.78 is 17.7. The Hall–Kier alpha value is -1.93. The summed E-state index contributed by atoms with van der Waals surface area (Å²) in [6.45, 7) is 0. The summed E-state index contributed by atoms with van der Waals surface area (Å²) in [6.07, 6.45) is 0. The molecule has 1 unspecified atom stereocenters. The van der Waals surface area contributed by atoms with Gasteiger partial charge < -0.3 is 4.74 Å². The van der Waals surface area contributed by atoms with Crippen LogP contribution in [-0.4, -0.2) is 18.9 Å². The topological polar surface area (TPSA) is 67.2 Å². The van der Waals surface area contributed by atoms with Crippen LogP contribution >= 0.6 is 11.6 Å². The Bertz CT molecular complexity index is 490. The SMILES string of the molecule is COC(=O)C(=O)C(C#N)c1c(F)cccc1Cl. The summed E-state index contributed by atoms with van der Waals surface area (Å²) >= 11 is 5.70. The van der Waals surface area contributed by atoms with Crippen LogP contribution in [0.2, 0.25) is 5.02 Å². The molecule has 0 saturated carbocycles. The van der Waals surface area contributed by atoms with Crippen molar-refractivity contribution in [2.24, 2.45) is 0 Å². The lowest BCUT2D eigenvalue weighted by atomic mass is 9.95. The number of ether oxygens (including phenoxy) is 1. The van der Waals surface area contributed by atoms with Gasteiger partial charge in [-0.3, -0.25) is 4.79 Å². The van der Waals surface area contributed by atoms with Gasteiger partial charge >= 0.3 is 5.97 Å². The number of nitriles is 1. The maximum Gasteiger partial charge on any atom is 0.376 e. The number of methoxy groups -OCH3 is 1. The van der Waals surface area contributed by atoms with E-state index in [4.69, 9.17) is 16.9 Å². The Morgan fingerprint density at radius 2 is 2.18 bits per heavy atom. The number of nitrogens with zero attached hydrogens (tertiary/aromatic N) is 1. The normalized spacial score (nSPS) is 11.4. The molecule has 0 aliphatic carbocycles. The second-order valence-corrected chi connectivity index (χ2v) is 3.46. The molecule has 1 aromatic carbocycles. The standard InChI is InChI=1S/C11H7ClFNO3/c1-17-11(16)10(15)6(5-14)9-7(12)3-2-4-8(9)13/h2-4,6H,1H3. The number of benzene rings is 1. The van der Waals surface area contributed by atoms with Crippen LogP contribution in [0.3, 0.4) is 0 Å². The molecule has 0 saturated heterocycles. The maximum atomic E-state index is 13.5. The molecule has 0 bridgehead atoms. The van der Waals surface area contributed by atoms with E-state index in [9.17, 15) is 14.0 Å². The average molecular weight is 256 g/mol.